The van der Waals surface area contributed by atoms with Crippen molar-refractivity contribution in [2.75, 3.05) is 39.8 Å². The van der Waals surface area contributed by atoms with Gasteiger partial charge in [0.25, 0.3) is 0 Å². The van der Waals surface area contributed by atoms with Crippen molar-refractivity contribution in [3.63, 3.8) is 0 Å². The number of carboxylic acids is 1. The van der Waals surface area contributed by atoms with E-state index in [1.54, 1.807) is 11.9 Å². The van der Waals surface area contributed by atoms with Crippen molar-refractivity contribution in [2.45, 2.75) is 44.9 Å². The lowest BCUT2D eigenvalue weighted by atomic mass is 9.98. The van der Waals surface area contributed by atoms with Crippen LogP contribution >= 0.6 is 0 Å². The summed E-state index contributed by atoms with van der Waals surface area (Å²) in [5, 5.41) is 9.12. The summed E-state index contributed by atoms with van der Waals surface area (Å²) >= 11 is 0. The lowest BCUT2D eigenvalue weighted by molar-refractivity contribution is -0.147. The summed E-state index contributed by atoms with van der Waals surface area (Å²) in [6, 6.07) is 0. The minimum atomic E-state index is -0.887. The van der Waals surface area contributed by atoms with Crippen LogP contribution in [0.15, 0.2) is 0 Å². The Bertz CT molecular complexity index is 551. The standard InChI is InChI=1S/C18H29N3O5/c1-19(12-17(24)20-10-6-7-14(11-20)18(25)26)16(23)13-21-9-5-3-2-4-8-15(21)22/h14H,2-13H2,1H3,(H,25,26). The monoisotopic (exact) mass is 367 g/mol. The number of carbonyl (C=O) groups excluding carboxylic acids is 3. The molecule has 0 radical (unpaired) electrons. The van der Waals surface area contributed by atoms with Gasteiger partial charge in [0.05, 0.1) is 19.0 Å². The Balaban J connectivity index is 1.84. The van der Waals surface area contributed by atoms with E-state index in [9.17, 15) is 19.2 Å². The maximum Gasteiger partial charge on any atom is 0.308 e. The molecule has 1 unspecified atom stereocenters. The van der Waals surface area contributed by atoms with Crippen LogP contribution in [0.3, 0.4) is 0 Å². The SMILES string of the molecule is CN(CC(=O)N1CCCC(C(=O)O)C1)C(=O)CN1CCCCCCC1=O. The fourth-order valence-electron chi connectivity index (χ4n) is 3.46. The van der Waals surface area contributed by atoms with Crippen molar-refractivity contribution in [2.24, 2.45) is 5.92 Å². The van der Waals surface area contributed by atoms with Gasteiger partial charge in [-0.05, 0) is 25.7 Å². The van der Waals surface area contributed by atoms with E-state index in [4.69, 9.17) is 5.11 Å². The zero-order chi connectivity index (χ0) is 19.1. The first-order valence-corrected chi connectivity index (χ1v) is 9.41. The molecule has 2 heterocycles. The van der Waals surface area contributed by atoms with Gasteiger partial charge in [-0.15, -0.1) is 0 Å². The summed E-state index contributed by atoms with van der Waals surface area (Å²) < 4.78 is 0. The van der Waals surface area contributed by atoms with E-state index < -0.39 is 11.9 Å². The Morgan fingerprint density at radius 1 is 1.12 bits per heavy atom. The molecule has 2 fully saturated rings. The van der Waals surface area contributed by atoms with E-state index in [1.807, 2.05) is 0 Å². The Kier molecular flexibility index (Phi) is 7.41. The zero-order valence-electron chi connectivity index (χ0n) is 15.5. The second kappa shape index (κ2) is 9.54. The third-order valence-electron chi connectivity index (χ3n) is 5.17. The predicted molar refractivity (Wildman–Crippen MR) is 94.2 cm³/mol. The maximum absolute atomic E-state index is 12.4. The molecule has 0 spiro atoms. The number of carboxylic acid groups (broad SMARTS) is 1. The molecule has 0 aromatic heterocycles. The van der Waals surface area contributed by atoms with Crippen LogP contribution in [0.4, 0.5) is 0 Å². The van der Waals surface area contributed by atoms with E-state index in [1.165, 1.54) is 9.80 Å². The number of rotatable bonds is 5. The molecular formula is C18H29N3O5. The Hall–Kier alpha value is -2.12. The first-order valence-electron chi connectivity index (χ1n) is 9.41. The van der Waals surface area contributed by atoms with Crippen LogP contribution < -0.4 is 0 Å². The molecular weight excluding hydrogens is 338 g/mol. The summed E-state index contributed by atoms with van der Waals surface area (Å²) in [6.45, 7) is 1.21. The summed E-state index contributed by atoms with van der Waals surface area (Å²) in [6.07, 6.45) is 5.57. The van der Waals surface area contributed by atoms with Crippen molar-refractivity contribution in [3.05, 3.63) is 0 Å². The molecule has 0 aromatic rings. The van der Waals surface area contributed by atoms with Gasteiger partial charge in [-0.3, -0.25) is 19.2 Å². The second-order valence-electron chi connectivity index (χ2n) is 7.25. The lowest BCUT2D eigenvalue weighted by Gasteiger charge is -2.32. The largest absolute Gasteiger partial charge is 0.481 e. The van der Waals surface area contributed by atoms with Crippen LogP contribution in [-0.2, 0) is 19.2 Å². The van der Waals surface area contributed by atoms with E-state index in [-0.39, 0.29) is 37.4 Å². The van der Waals surface area contributed by atoms with Crippen molar-refractivity contribution in [1.82, 2.24) is 14.7 Å². The van der Waals surface area contributed by atoms with Crippen LogP contribution in [0, 0.1) is 5.92 Å². The number of carbonyl (C=O) groups is 4. The van der Waals surface area contributed by atoms with E-state index in [2.05, 4.69) is 0 Å². The highest BCUT2D eigenvalue weighted by Crippen LogP contribution is 2.17. The molecule has 8 heteroatoms. The van der Waals surface area contributed by atoms with Crippen molar-refractivity contribution >= 4 is 23.7 Å². The lowest BCUT2D eigenvalue weighted by Crippen LogP contribution is -2.49. The summed E-state index contributed by atoms with van der Waals surface area (Å²) in [5.74, 6) is -1.93. The topological polar surface area (TPSA) is 98.2 Å². The predicted octanol–water partition coefficient (Wildman–Crippen LogP) is 0.561. The third kappa shape index (κ3) is 5.71. The molecule has 2 rings (SSSR count). The highest BCUT2D eigenvalue weighted by molar-refractivity contribution is 5.88. The van der Waals surface area contributed by atoms with Gasteiger partial charge in [0.1, 0.15) is 0 Å². The molecule has 3 amide bonds. The number of likely N-dealkylation sites (N-methyl/N-ethyl adjacent to an activating group) is 1. The average Bonchev–Trinajstić information content (AvgIpc) is 2.61. The number of nitrogens with zero attached hydrogens (tertiary/aromatic N) is 3. The number of hydrogen-bond donors (Lipinski definition) is 1. The molecule has 2 aliphatic heterocycles. The molecule has 8 nitrogen and oxygen atoms in total. The normalized spacial score (nSPS) is 21.7. The van der Waals surface area contributed by atoms with E-state index in [0.717, 1.165) is 25.7 Å². The summed E-state index contributed by atoms with van der Waals surface area (Å²) in [4.78, 5) is 52.5. The number of aliphatic carboxylic acids is 1. The van der Waals surface area contributed by atoms with Gasteiger partial charge in [-0.25, -0.2) is 0 Å². The minimum absolute atomic E-state index is 0.000361. The van der Waals surface area contributed by atoms with Gasteiger partial charge >= 0.3 is 5.97 Å². The van der Waals surface area contributed by atoms with Crippen LogP contribution in [0.2, 0.25) is 0 Å². The van der Waals surface area contributed by atoms with Crippen LogP contribution in [0.5, 0.6) is 0 Å². The van der Waals surface area contributed by atoms with Gasteiger partial charge in [0.15, 0.2) is 0 Å². The average molecular weight is 367 g/mol. The minimum Gasteiger partial charge on any atom is -0.481 e. The van der Waals surface area contributed by atoms with Gasteiger partial charge in [-0.2, -0.15) is 0 Å². The molecule has 26 heavy (non-hydrogen) atoms. The molecule has 2 saturated heterocycles. The van der Waals surface area contributed by atoms with Gasteiger partial charge < -0.3 is 19.8 Å². The fourth-order valence-corrected chi connectivity index (χ4v) is 3.46. The summed E-state index contributed by atoms with van der Waals surface area (Å²) in [5.41, 5.74) is 0. The van der Waals surface area contributed by atoms with Gasteiger partial charge in [0, 0.05) is 33.1 Å². The highest BCUT2D eigenvalue weighted by atomic mass is 16.4. The van der Waals surface area contributed by atoms with Crippen molar-refractivity contribution in [1.29, 1.82) is 0 Å². The maximum atomic E-state index is 12.4. The first kappa shape index (κ1) is 20.2. The summed E-state index contributed by atoms with van der Waals surface area (Å²) in [7, 11) is 1.55. The number of likely N-dealkylation sites (tertiary alicyclic amines) is 2. The van der Waals surface area contributed by atoms with Gasteiger partial charge in [0.2, 0.25) is 17.7 Å². The molecule has 1 atom stereocenters. The van der Waals surface area contributed by atoms with E-state index >= 15 is 0 Å². The van der Waals surface area contributed by atoms with Crippen molar-refractivity contribution < 1.29 is 24.3 Å². The fraction of sp³-hybridized carbons (Fsp3) is 0.778. The molecule has 0 aromatic carbocycles. The number of amides is 3. The molecule has 1 N–H and O–H groups in total. The third-order valence-corrected chi connectivity index (χ3v) is 5.17. The van der Waals surface area contributed by atoms with Crippen molar-refractivity contribution in [3.8, 4) is 0 Å². The molecule has 0 saturated carbocycles. The molecule has 146 valence electrons. The number of hydrogen-bond acceptors (Lipinski definition) is 4. The van der Waals surface area contributed by atoms with Gasteiger partial charge in [-0.1, -0.05) is 12.8 Å². The first-order chi connectivity index (χ1) is 12.4. The van der Waals surface area contributed by atoms with Crippen LogP contribution in [0.25, 0.3) is 0 Å². The van der Waals surface area contributed by atoms with Crippen LogP contribution in [0.1, 0.15) is 44.9 Å². The molecule has 0 aliphatic carbocycles. The Morgan fingerprint density at radius 3 is 2.58 bits per heavy atom. The molecule has 2 aliphatic rings. The molecule has 0 bridgehead atoms. The second-order valence-corrected chi connectivity index (χ2v) is 7.25. The van der Waals surface area contributed by atoms with Crippen LogP contribution in [-0.4, -0.2) is 83.3 Å². The Morgan fingerprint density at radius 2 is 1.85 bits per heavy atom. The highest BCUT2D eigenvalue weighted by Gasteiger charge is 2.29. The van der Waals surface area contributed by atoms with E-state index in [0.29, 0.717) is 32.4 Å². The number of piperidine rings is 1. The zero-order valence-corrected chi connectivity index (χ0v) is 15.5. The Labute approximate surface area is 154 Å². The quantitative estimate of drug-likeness (QED) is 0.766. The smallest absolute Gasteiger partial charge is 0.308 e.